The number of anilines is 1. The molecule has 0 spiro atoms. The Morgan fingerprint density at radius 3 is 2.85 bits per heavy atom. The second-order valence-corrected chi connectivity index (χ2v) is 7.84. The van der Waals surface area contributed by atoms with Gasteiger partial charge in [0.15, 0.2) is 0 Å². The molecule has 0 saturated carbocycles. The number of nitrogens with zero attached hydrogens (tertiary/aromatic N) is 2. The SMILES string of the molecule is Cc1nc(CC(C)C)sc1C(=O)Nc1cccc(OCc2cccnc2)c1. The molecule has 140 valence electrons. The van der Waals surface area contributed by atoms with Crippen molar-refractivity contribution in [2.75, 3.05) is 5.32 Å². The van der Waals surface area contributed by atoms with Crippen LogP contribution in [0.4, 0.5) is 5.69 Å². The highest BCUT2D eigenvalue weighted by molar-refractivity contribution is 7.13. The summed E-state index contributed by atoms with van der Waals surface area (Å²) in [6.07, 6.45) is 4.39. The number of amides is 1. The number of carbonyl (C=O) groups is 1. The average molecular weight is 382 g/mol. The number of thiazole rings is 1. The molecule has 0 unspecified atom stereocenters. The molecule has 6 heteroatoms. The molecule has 0 saturated heterocycles. The molecular formula is C21H23N3O2S. The van der Waals surface area contributed by atoms with Gasteiger partial charge in [-0.05, 0) is 31.0 Å². The molecule has 0 bridgehead atoms. The number of hydrogen-bond acceptors (Lipinski definition) is 5. The molecule has 0 fully saturated rings. The molecule has 1 N–H and O–H groups in total. The van der Waals surface area contributed by atoms with Crippen molar-refractivity contribution >= 4 is 22.9 Å². The molecule has 1 amide bonds. The predicted molar refractivity (Wildman–Crippen MR) is 108 cm³/mol. The number of rotatable bonds is 7. The maximum absolute atomic E-state index is 12.6. The van der Waals surface area contributed by atoms with Gasteiger partial charge in [0.05, 0.1) is 10.7 Å². The Morgan fingerprint density at radius 2 is 2.11 bits per heavy atom. The zero-order valence-electron chi connectivity index (χ0n) is 15.7. The van der Waals surface area contributed by atoms with E-state index in [1.54, 1.807) is 12.4 Å². The smallest absolute Gasteiger partial charge is 0.267 e. The maximum atomic E-state index is 12.6. The normalized spacial score (nSPS) is 10.8. The molecular weight excluding hydrogens is 358 g/mol. The monoisotopic (exact) mass is 381 g/mol. The molecule has 0 aliphatic rings. The third-order valence-electron chi connectivity index (χ3n) is 3.85. The fourth-order valence-corrected chi connectivity index (χ4v) is 3.77. The minimum absolute atomic E-state index is 0.135. The highest BCUT2D eigenvalue weighted by Crippen LogP contribution is 2.24. The van der Waals surface area contributed by atoms with E-state index < -0.39 is 0 Å². The molecule has 2 aromatic heterocycles. The molecule has 3 aromatic rings. The Hall–Kier alpha value is -2.73. The van der Waals surface area contributed by atoms with Crippen LogP contribution in [0.25, 0.3) is 0 Å². The maximum Gasteiger partial charge on any atom is 0.267 e. The second-order valence-electron chi connectivity index (χ2n) is 6.75. The zero-order chi connectivity index (χ0) is 19.2. The summed E-state index contributed by atoms with van der Waals surface area (Å²) in [5, 5.41) is 3.94. The fraction of sp³-hybridized carbons (Fsp3) is 0.286. The van der Waals surface area contributed by atoms with Gasteiger partial charge in [-0.15, -0.1) is 11.3 Å². The zero-order valence-corrected chi connectivity index (χ0v) is 16.5. The standard InChI is InChI=1S/C21H23N3O2S/c1-14(2)10-19-23-15(3)20(27-19)21(25)24-17-7-4-8-18(11-17)26-13-16-6-5-9-22-12-16/h4-9,11-12,14H,10,13H2,1-3H3,(H,24,25). The number of hydrogen-bond donors (Lipinski definition) is 1. The lowest BCUT2D eigenvalue weighted by atomic mass is 10.1. The van der Waals surface area contributed by atoms with Crippen LogP contribution in [0.2, 0.25) is 0 Å². The minimum Gasteiger partial charge on any atom is -0.489 e. The van der Waals surface area contributed by atoms with Crippen LogP contribution < -0.4 is 10.1 Å². The number of carbonyl (C=O) groups excluding carboxylic acids is 1. The van der Waals surface area contributed by atoms with Crippen molar-refractivity contribution in [2.45, 2.75) is 33.8 Å². The Balaban J connectivity index is 1.65. The Labute approximate surface area is 163 Å². The Morgan fingerprint density at radius 1 is 1.26 bits per heavy atom. The number of aryl methyl sites for hydroxylation is 1. The van der Waals surface area contributed by atoms with E-state index in [0.29, 0.717) is 28.8 Å². The van der Waals surface area contributed by atoms with Crippen LogP contribution in [-0.4, -0.2) is 15.9 Å². The van der Waals surface area contributed by atoms with Crippen LogP contribution in [0.5, 0.6) is 5.75 Å². The van der Waals surface area contributed by atoms with Gasteiger partial charge in [0, 0.05) is 36.1 Å². The lowest BCUT2D eigenvalue weighted by molar-refractivity contribution is 0.103. The summed E-state index contributed by atoms with van der Waals surface area (Å²) in [6, 6.07) is 11.2. The van der Waals surface area contributed by atoms with E-state index in [4.69, 9.17) is 4.74 Å². The average Bonchev–Trinajstić information content (AvgIpc) is 3.01. The number of ether oxygens (including phenoxy) is 1. The summed E-state index contributed by atoms with van der Waals surface area (Å²) < 4.78 is 5.79. The van der Waals surface area contributed by atoms with Gasteiger partial charge in [-0.1, -0.05) is 26.0 Å². The quantitative estimate of drug-likeness (QED) is 0.634. The van der Waals surface area contributed by atoms with E-state index in [0.717, 1.165) is 22.7 Å². The van der Waals surface area contributed by atoms with Crippen LogP contribution in [0.1, 0.15) is 39.8 Å². The third kappa shape index (κ3) is 5.37. The number of aromatic nitrogens is 2. The van der Waals surface area contributed by atoms with Crippen LogP contribution in [0.3, 0.4) is 0 Å². The second kappa shape index (κ2) is 8.77. The summed E-state index contributed by atoms with van der Waals surface area (Å²) in [4.78, 5) is 21.9. The summed E-state index contributed by atoms with van der Waals surface area (Å²) in [5.41, 5.74) is 2.46. The molecule has 27 heavy (non-hydrogen) atoms. The first-order valence-electron chi connectivity index (χ1n) is 8.90. The van der Waals surface area contributed by atoms with Gasteiger partial charge in [-0.25, -0.2) is 4.98 Å². The lowest BCUT2D eigenvalue weighted by Gasteiger charge is -2.09. The van der Waals surface area contributed by atoms with Crippen molar-refractivity contribution in [3.63, 3.8) is 0 Å². The van der Waals surface area contributed by atoms with Crippen LogP contribution in [0, 0.1) is 12.8 Å². The van der Waals surface area contributed by atoms with Crippen molar-refractivity contribution in [3.8, 4) is 5.75 Å². The van der Waals surface area contributed by atoms with Crippen LogP contribution in [-0.2, 0) is 13.0 Å². The van der Waals surface area contributed by atoms with E-state index >= 15 is 0 Å². The van der Waals surface area contributed by atoms with Crippen molar-refractivity contribution in [3.05, 3.63) is 69.9 Å². The number of nitrogens with one attached hydrogen (secondary N) is 1. The largest absolute Gasteiger partial charge is 0.489 e. The van der Waals surface area contributed by atoms with Crippen molar-refractivity contribution < 1.29 is 9.53 Å². The first kappa shape index (κ1) is 19.0. The van der Waals surface area contributed by atoms with Crippen molar-refractivity contribution in [1.29, 1.82) is 0 Å². The third-order valence-corrected chi connectivity index (χ3v) is 5.03. The van der Waals surface area contributed by atoms with Crippen LogP contribution in [0.15, 0.2) is 48.8 Å². The van der Waals surface area contributed by atoms with Gasteiger partial charge >= 0.3 is 0 Å². The molecule has 5 nitrogen and oxygen atoms in total. The van der Waals surface area contributed by atoms with Gasteiger partial charge in [0.1, 0.15) is 17.2 Å². The topological polar surface area (TPSA) is 64.1 Å². The van der Waals surface area contributed by atoms with E-state index in [1.807, 2.05) is 43.3 Å². The summed E-state index contributed by atoms with van der Waals surface area (Å²) in [7, 11) is 0. The molecule has 0 aliphatic heterocycles. The molecule has 0 aliphatic carbocycles. The van der Waals surface area contributed by atoms with Gasteiger partial charge in [0.25, 0.3) is 5.91 Å². The highest BCUT2D eigenvalue weighted by Gasteiger charge is 2.16. The first-order valence-corrected chi connectivity index (χ1v) is 9.72. The lowest BCUT2D eigenvalue weighted by Crippen LogP contribution is -2.11. The molecule has 2 heterocycles. The molecule has 0 radical (unpaired) electrons. The van der Waals surface area contributed by atoms with E-state index in [2.05, 4.69) is 29.1 Å². The summed E-state index contributed by atoms with van der Waals surface area (Å²) >= 11 is 1.47. The summed E-state index contributed by atoms with van der Waals surface area (Å²) in [5.74, 6) is 1.07. The Bertz CT molecular complexity index is 907. The van der Waals surface area contributed by atoms with Gasteiger partial charge in [0.2, 0.25) is 0 Å². The van der Waals surface area contributed by atoms with E-state index in [1.165, 1.54) is 11.3 Å². The molecule has 3 rings (SSSR count). The van der Waals surface area contributed by atoms with Gasteiger partial charge in [-0.3, -0.25) is 9.78 Å². The molecule has 0 atom stereocenters. The van der Waals surface area contributed by atoms with Crippen LogP contribution >= 0.6 is 11.3 Å². The summed E-state index contributed by atoms with van der Waals surface area (Å²) in [6.45, 7) is 6.60. The number of pyridine rings is 1. The highest BCUT2D eigenvalue weighted by atomic mass is 32.1. The predicted octanol–water partition coefficient (Wildman–Crippen LogP) is 4.88. The van der Waals surface area contributed by atoms with Gasteiger partial charge < -0.3 is 10.1 Å². The van der Waals surface area contributed by atoms with Crippen molar-refractivity contribution in [2.24, 2.45) is 5.92 Å². The van der Waals surface area contributed by atoms with Crippen molar-refractivity contribution in [1.82, 2.24) is 9.97 Å². The van der Waals surface area contributed by atoms with E-state index in [9.17, 15) is 4.79 Å². The van der Waals surface area contributed by atoms with Gasteiger partial charge in [-0.2, -0.15) is 0 Å². The number of benzene rings is 1. The molecule has 1 aromatic carbocycles. The first-order chi connectivity index (χ1) is 13.0. The Kier molecular flexibility index (Phi) is 6.19. The van der Waals surface area contributed by atoms with E-state index in [-0.39, 0.29) is 5.91 Å². The fourth-order valence-electron chi connectivity index (χ4n) is 2.60. The minimum atomic E-state index is -0.135.